The highest BCUT2D eigenvalue weighted by molar-refractivity contribution is 5.27. The zero-order valence-electron chi connectivity index (χ0n) is 14.3. The smallest absolute Gasteiger partial charge is 0.119 e. The van der Waals surface area contributed by atoms with E-state index >= 15 is 0 Å². The third-order valence-corrected chi connectivity index (χ3v) is 3.28. The van der Waals surface area contributed by atoms with Crippen molar-refractivity contribution in [1.82, 2.24) is 10.6 Å². The number of nitrogens with one attached hydrogen (secondary N) is 2. The zero-order chi connectivity index (χ0) is 15.7. The summed E-state index contributed by atoms with van der Waals surface area (Å²) >= 11 is 0. The fraction of sp³-hybridized carbons (Fsp3) is 0.667. The second-order valence-electron chi connectivity index (χ2n) is 6.76. The standard InChI is InChI=1S/C18H32N2O/c1-6-7-12-21-17-10-8-16(9-11-17)14-19-15(2)13-20-18(3,4)5/h8-11,15,19-20H,6-7,12-14H2,1-5H3. The molecule has 120 valence electrons. The number of hydrogen-bond acceptors (Lipinski definition) is 3. The molecule has 1 aromatic carbocycles. The average Bonchev–Trinajstić information content (AvgIpc) is 2.44. The van der Waals surface area contributed by atoms with E-state index in [2.05, 4.69) is 69.5 Å². The summed E-state index contributed by atoms with van der Waals surface area (Å²) in [6, 6.07) is 8.84. The zero-order valence-corrected chi connectivity index (χ0v) is 14.3. The molecular formula is C18H32N2O. The maximum absolute atomic E-state index is 5.67. The van der Waals surface area contributed by atoms with Gasteiger partial charge < -0.3 is 15.4 Å². The predicted octanol–water partition coefficient (Wildman–Crippen LogP) is 3.73. The third kappa shape index (κ3) is 8.74. The molecule has 3 nitrogen and oxygen atoms in total. The van der Waals surface area contributed by atoms with Crippen LogP contribution in [0.5, 0.6) is 5.75 Å². The molecule has 1 unspecified atom stereocenters. The Hall–Kier alpha value is -1.06. The number of ether oxygens (including phenoxy) is 1. The first-order valence-electron chi connectivity index (χ1n) is 8.11. The number of hydrogen-bond donors (Lipinski definition) is 2. The molecule has 2 N–H and O–H groups in total. The van der Waals surface area contributed by atoms with E-state index in [0.717, 1.165) is 31.9 Å². The third-order valence-electron chi connectivity index (χ3n) is 3.28. The Labute approximate surface area is 130 Å². The van der Waals surface area contributed by atoms with Gasteiger partial charge in [-0.15, -0.1) is 0 Å². The Balaban J connectivity index is 2.28. The van der Waals surface area contributed by atoms with E-state index in [1.165, 1.54) is 12.0 Å². The summed E-state index contributed by atoms with van der Waals surface area (Å²) in [5.74, 6) is 0.967. The molecule has 1 atom stereocenters. The molecule has 1 rings (SSSR count). The summed E-state index contributed by atoms with van der Waals surface area (Å²) in [4.78, 5) is 0. The van der Waals surface area contributed by atoms with Crippen molar-refractivity contribution in [2.75, 3.05) is 13.2 Å². The molecule has 0 fully saturated rings. The van der Waals surface area contributed by atoms with E-state index < -0.39 is 0 Å². The fourth-order valence-corrected chi connectivity index (χ4v) is 1.86. The van der Waals surface area contributed by atoms with Gasteiger partial charge in [-0.1, -0.05) is 25.5 Å². The van der Waals surface area contributed by atoms with Gasteiger partial charge in [-0.2, -0.15) is 0 Å². The second kappa shape index (κ2) is 9.06. The summed E-state index contributed by atoms with van der Waals surface area (Å²) in [6.07, 6.45) is 2.28. The summed E-state index contributed by atoms with van der Waals surface area (Å²) in [5, 5.41) is 7.05. The molecular weight excluding hydrogens is 260 g/mol. The number of benzene rings is 1. The van der Waals surface area contributed by atoms with Crippen molar-refractivity contribution in [1.29, 1.82) is 0 Å². The van der Waals surface area contributed by atoms with Crippen molar-refractivity contribution >= 4 is 0 Å². The van der Waals surface area contributed by atoms with Crippen molar-refractivity contribution in [2.45, 2.75) is 65.6 Å². The van der Waals surface area contributed by atoms with Crippen molar-refractivity contribution in [3.8, 4) is 5.75 Å². The molecule has 3 heteroatoms. The Morgan fingerprint density at radius 2 is 1.81 bits per heavy atom. The largest absolute Gasteiger partial charge is 0.494 e. The fourth-order valence-electron chi connectivity index (χ4n) is 1.86. The number of unbranched alkanes of at least 4 members (excludes halogenated alkanes) is 1. The first-order chi connectivity index (χ1) is 9.90. The quantitative estimate of drug-likeness (QED) is 0.680. The molecule has 0 bridgehead atoms. The lowest BCUT2D eigenvalue weighted by atomic mass is 10.1. The van der Waals surface area contributed by atoms with Crippen molar-refractivity contribution in [2.24, 2.45) is 0 Å². The van der Waals surface area contributed by atoms with Gasteiger partial charge in [-0.25, -0.2) is 0 Å². The normalized spacial score (nSPS) is 13.2. The Kier molecular flexibility index (Phi) is 7.76. The maximum Gasteiger partial charge on any atom is 0.119 e. The molecule has 0 amide bonds. The second-order valence-corrected chi connectivity index (χ2v) is 6.76. The van der Waals surface area contributed by atoms with Crippen LogP contribution in [-0.4, -0.2) is 24.7 Å². The van der Waals surface area contributed by atoms with E-state index in [-0.39, 0.29) is 5.54 Å². The van der Waals surface area contributed by atoms with Gasteiger partial charge in [0.15, 0.2) is 0 Å². The molecule has 0 aliphatic rings. The van der Waals surface area contributed by atoms with Crippen LogP contribution < -0.4 is 15.4 Å². The Morgan fingerprint density at radius 3 is 2.38 bits per heavy atom. The Bertz CT molecular complexity index is 381. The molecule has 1 aromatic rings. The van der Waals surface area contributed by atoms with Gasteiger partial charge in [0.2, 0.25) is 0 Å². The van der Waals surface area contributed by atoms with E-state index in [1.54, 1.807) is 0 Å². The van der Waals surface area contributed by atoms with E-state index in [9.17, 15) is 0 Å². The lowest BCUT2D eigenvalue weighted by molar-refractivity contribution is 0.309. The highest BCUT2D eigenvalue weighted by atomic mass is 16.5. The van der Waals surface area contributed by atoms with Crippen LogP contribution in [0.4, 0.5) is 0 Å². The van der Waals surface area contributed by atoms with Crippen molar-refractivity contribution in [3.63, 3.8) is 0 Å². The lowest BCUT2D eigenvalue weighted by Crippen LogP contribution is -2.44. The summed E-state index contributed by atoms with van der Waals surface area (Å²) in [6.45, 7) is 13.6. The van der Waals surface area contributed by atoms with Crippen molar-refractivity contribution < 1.29 is 4.74 Å². The summed E-state index contributed by atoms with van der Waals surface area (Å²) in [7, 11) is 0. The van der Waals surface area contributed by atoms with Gasteiger partial charge >= 0.3 is 0 Å². The van der Waals surface area contributed by atoms with Crippen LogP contribution in [0.15, 0.2) is 24.3 Å². The van der Waals surface area contributed by atoms with Crippen LogP contribution in [0.25, 0.3) is 0 Å². The minimum absolute atomic E-state index is 0.174. The van der Waals surface area contributed by atoms with Gasteiger partial charge in [-0.05, 0) is 51.8 Å². The molecule has 0 saturated heterocycles. The van der Waals surface area contributed by atoms with Crippen LogP contribution in [0.3, 0.4) is 0 Å². The Morgan fingerprint density at radius 1 is 1.14 bits per heavy atom. The highest BCUT2D eigenvalue weighted by Gasteiger charge is 2.10. The summed E-state index contributed by atoms with van der Waals surface area (Å²) < 4.78 is 5.67. The van der Waals surface area contributed by atoms with Crippen LogP contribution in [0.2, 0.25) is 0 Å². The topological polar surface area (TPSA) is 33.3 Å². The summed E-state index contributed by atoms with van der Waals surface area (Å²) in [5.41, 5.74) is 1.47. The molecule has 0 aromatic heterocycles. The van der Waals surface area contributed by atoms with Gasteiger partial charge in [-0.3, -0.25) is 0 Å². The highest BCUT2D eigenvalue weighted by Crippen LogP contribution is 2.12. The minimum Gasteiger partial charge on any atom is -0.494 e. The first kappa shape index (κ1) is 18.0. The van der Waals surface area contributed by atoms with Crippen LogP contribution in [0.1, 0.15) is 53.0 Å². The maximum atomic E-state index is 5.67. The molecule has 0 saturated carbocycles. The number of rotatable bonds is 9. The molecule has 21 heavy (non-hydrogen) atoms. The van der Waals surface area contributed by atoms with Crippen molar-refractivity contribution in [3.05, 3.63) is 29.8 Å². The van der Waals surface area contributed by atoms with Gasteiger partial charge in [0, 0.05) is 24.7 Å². The molecule has 0 aliphatic heterocycles. The van der Waals surface area contributed by atoms with E-state index in [1.807, 2.05) is 0 Å². The van der Waals surface area contributed by atoms with Crippen LogP contribution in [-0.2, 0) is 6.54 Å². The van der Waals surface area contributed by atoms with Crippen LogP contribution >= 0.6 is 0 Å². The van der Waals surface area contributed by atoms with E-state index in [4.69, 9.17) is 4.74 Å². The lowest BCUT2D eigenvalue weighted by Gasteiger charge is -2.24. The van der Waals surface area contributed by atoms with Gasteiger partial charge in [0.1, 0.15) is 5.75 Å². The first-order valence-corrected chi connectivity index (χ1v) is 8.11. The average molecular weight is 292 g/mol. The molecule has 0 aliphatic carbocycles. The SMILES string of the molecule is CCCCOc1ccc(CNC(C)CNC(C)(C)C)cc1. The van der Waals surface area contributed by atoms with E-state index in [0.29, 0.717) is 6.04 Å². The van der Waals surface area contributed by atoms with Crippen LogP contribution in [0, 0.1) is 0 Å². The van der Waals surface area contributed by atoms with Gasteiger partial charge in [0.05, 0.1) is 6.61 Å². The minimum atomic E-state index is 0.174. The predicted molar refractivity (Wildman–Crippen MR) is 90.9 cm³/mol. The van der Waals surface area contributed by atoms with Gasteiger partial charge in [0.25, 0.3) is 0 Å². The molecule has 0 radical (unpaired) electrons. The molecule has 0 spiro atoms. The monoisotopic (exact) mass is 292 g/mol. The molecule has 0 heterocycles.